The van der Waals surface area contributed by atoms with Crippen LogP contribution in [0.2, 0.25) is 5.02 Å². The van der Waals surface area contributed by atoms with Crippen molar-refractivity contribution >= 4 is 46.7 Å². The summed E-state index contributed by atoms with van der Waals surface area (Å²) in [4.78, 5) is 31.9. The zero-order valence-corrected chi connectivity index (χ0v) is 17.9. The lowest BCUT2D eigenvalue weighted by Gasteiger charge is -2.30. The molecule has 2 amide bonds. The average Bonchev–Trinajstić information content (AvgIpc) is 2.75. The van der Waals surface area contributed by atoms with E-state index in [1.165, 1.54) is 18.0 Å². The minimum Gasteiger partial charge on any atom is -0.324 e. The number of hydrogen-bond donors (Lipinski definition) is 2. The van der Waals surface area contributed by atoms with E-state index in [9.17, 15) is 9.59 Å². The first kappa shape index (κ1) is 22.1. The van der Waals surface area contributed by atoms with E-state index in [0.29, 0.717) is 48.2 Å². The van der Waals surface area contributed by atoms with E-state index in [4.69, 9.17) is 16.9 Å². The minimum absolute atomic E-state index is 0.0580. The van der Waals surface area contributed by atoms with Crippen molar-refractivity contribution in [2.75, 3.05) is 36.0 Å². The number of carbonyl (C=O) groups is 2. The summed E-state index contributed by atoms with van der Waals surface area (Å²) in [6.45, 7) is 1.61. The molecule has 9 heteroatoms. The molecule has 2 heterocycles. The highest BCUT2D eigenvalue weighted by molar-refractivity contribution is 7.99. The maximum Gasteiger partial charge on any atom is 0.238 e. The number of aromatic nitrogens is 1. The molecule has 1 aliphatic heterocycles. The molecule has 0 saturated carbocycles. The summed E-state index contributed by atoms with van der Waals surface area (Å²) in [5, 5.41) is 15.0. The van der Waals surface area contributed by atoms with E-state index >= 15 is 0 Å². The molecule has 2 aromatic rings. The van der Waals surface area contributed by atoms with Crippen molar-refractivity contribution in [2.45, 2.75) is 17.7 Å². The Kier molecular flexibility index (Phi) is 8.08. The van der Waals surface area contributed by atoms with Gasteiger partial charge in [-0.2, -0.15) is 5.26 Å². The molecular weight excluding hydrogens is 422 g/mol. The van der Waals surface area contributed by atoms with E-state index in [-0.39, 0.29) is 24.3 Å². The van der Waals surface area contributed by atoms with E-state index in [1.807, 2.05) is 29.2 Å². The van der Waals surface area contributed by atoms with Crippen LogP contribution in [0.25, 0.3) is 0 Å². The first-order chi connectivity index (χ1) is 14.5. The van der Waals surface area contributed by atoms with Crippen LogP contribution in [0.1, 0.15) is 12.8 Å². The molecule has 0 atom stereocenters. The molecular formula is C21H22ClN5O2S. The molecule has 0 aliphatic carbocycles. The highest BCUT2D eigenvalue weighted by Crippen LogP contribution is 2.26. The summed E-state index contributed by atoms with van der Waals surface area (Å²) in [6, 6.07) is 12.9. The normalized spacial score (nSPS) is 14.7. The van der Waals surface area contributed by atoms with Crippen LogP contribution in [0.3, 0.4) is 0 Å². The highest BCUT2D eigenvalue weighted by atomic mass is 35.5. The van der Waals surface area contributed by atoms with E-state index in [1.54, 1.807) is 12.1 Å². The minimum atomic E-state index is -0.107. The topological polar surface area (TPSA) is 98.1 Å². The summed E-state index contributed by atoms with van der Waals surface area (Å²) >= 11 is 7.20. The van der Waals surface area contributed by atoms with Crippen LogP contribution in [-0.4, -0.2) is 47.1 Å². The largest absolute Gasteiger partial charge is 0.324 e. The van der Waals surface area contributed by atoms with Crippen LogP contribution in [0.15, 0.2) is 47.5 Å². The molecule has 1 aromatic heterocycles. The van der Waals surface area contributed by atoms with E-state index < -0.39 is 0 Å². The highest BCUT2D eigenvalue weighted by Gasteiger charge is 2.26. The van der Waals surface area contributed by atoms with Crippen LogP contribution < -0.4 is 10.6 Å². The third-order valence-corrected chi connectivity index (χ3v) is 5.92. The predicted octanol–water partition coefficient (Wildman–Crippen LogP) is 3.64. The molecule has 0 spiro atoms. The number of pyridine rings is 1. The number of amides is 2. The fourth-order valence-electron chi connectivity index (χ4n) is 3.23. The summed E-state index contributed by atoms with van der Waals surface area (Å²) < 4.78 is 0. The Morgan fingerprint density at radius 1 is 1.20 bits per heavy atom. The Hall–Kier alpha value is -2.60. The number of para-hydroxylation sites is 1. The van der Waals surface area contributed by atoms with Gasteiger partial charge in [-0.15, -0.1) is 11.8 Å². The number of hydrogen-bond acceptors (Lipinski definition) is 6. The average molecular weight is 444 g/mol. The molecule has 0 radical (unpaired) electrons. The Labute approximate surface area is 184 Å². The summed E-state index contributed by atoms with van der Waals surface area (Å²) in [6.07, 6.45) is 2.86. The second-order valence-electron chi connectivity index (χ2n) is 6.89. The van der Waals surface area contributed by atoms with Gasteiger partial charge in [-0.25, -0.2) is 4.98 Å². The molecule has 0 unspecified atom stereocenters. The monoisotopic (exact) mass is 443 g/mol. The van der Waals surface area contributed by atoms with Crippen LogP contribution in [0.4, 0.5) is 11.5 Å². The Morgan fingerprint density at radius 3 is 2.67 bits per heavy atom. The van der Waals surface area contributed by atoms with Gasteiger partial charge in [0.25, 0.3) is 0 Å². The number of rotatable bonds is 7. The Balaban J connectivity index is 1.45. The number of likely N-dealkylation sites (tertiary alicyclic amines) is 1. The van der Waals surface area contributed by atoms with Gasteiger partial charge in [0.1, 0.15) is 5.82 Å². The van der Waals surface area contributed by atoms with E-state index in [2.05, 4.69) is 21.7 Å². The number of benzene rings is 1. The van der Waals surface area contributed by atoms with Gasteiger partial charge in [-0.05, 0) is 50.2 Å². The third kappa shape index (κ3) is 6.46. The number of thioether (sulfide) groups is 1. The number of halogens is 1. The van der Waals surface area contributed by atoms with Crippen molar-refractivity contribution in [3.63, 3.8) is 0 Å². The second kappa shape index (κ2) is 11.0. The van der Waals surface area contributed by atoms with Crippen molar-refractivity contribution in [1.82, 2.24) is 9.88 Å². The lowest BCUT2D eigenvalue weighted by Crippen LogP contribution is -2.41. The molecule has 3 rings (SSSR count). The van der Waals surface area contributed by atoms with Crippen molar-refractivity contribution < 1.29 is 9.59 Å². The standard InChI is InChI=1S/C21H22ClN5O2S/c22-16-5-6-19(24-13-16)26-21(29)15-7-10-27(11-8-15)14-20(28)25-17-3-1-2-4-18(17)30-12-9-23/h1-6,13,15H,7-8,10-12,14H2,(H,25,28)(H,24,26,29). The van der Waals surface area contributed by atoms with E-state index in [0.717, 1.165) is 4.90 Å². The molecule has 1 aromatic carbocycles. The zero-order valence-electron chi connectivity index (χ0n) is 16.3. The van der Waals surface area contributed by atoms with Crippen molar-refractivity contribution in [2.24, 2.45) is 5.92 Å². The maximum absolute atomic E-state index is 12.5. The van der Waals surface area contributed by atoms with Crippen LogP contribution in [0.5, 0.6) is 0 Å². The van der Waals surface area contributed by atoms with Crippen molar-refractivity contribution in [3.05, 3.63) is 47.6 Å². The lowest BCUT2D eigenvalue weighted by atomic mass is 9.96. The molecule has 156 valence electrons. The van der Waals surface area contributed by atoms with Gasteiger partial charge in [-0.3, -0.25) is 14.5 Å². The number of nitriles is 1. The smallest absolute Gasteiger partial charge is 0.238 e. The molecule has 1 saturated heterocycles. The van der Waals surface area contributed by atoms with Gasteiger partial charge in [0.15, 0.2) is 0 Å². The third-order valence-electron chi connectivity index (χ3n) is 4.76. The molecule has 1 fully saturated rings. The van der Waals surface area contributed by atoms with Crippen molar-refractivity contribution in [3.8, 4) is 6.07 Å². The number of anilines is 2. The molecule has 1 aliphatic rings. The van der Waals surface area contributed by atoms with Gasteiger partial charge in [0.2, 0.25) is 11.8 Å². The Morgan fingerprint density at radius 2 is 1.97 bits per heavy atom. The zero-order chi connectivity index (χ0) is 21.3. The van der Waals surface area contributed by atoms with Gasteiger partial charge in [0.05, 0.1) is 29.1 Å². The van der Waals surface area contributed by atoms with Crippen LogP contribution >= 0.6 is 23.4 Å². The number of carbonyl (C=O) groups excluding carboxylic acids is 2. The summed E-state index contributed by atoms with van der Waals surface area (Å²) in [5.74, 6) is 0.545. The van der Waals surface area contributed by atoms with Gasteiger partial charge in [0, 0.05) is 17.0 Å². The van der Waals surface area contributed by atoms with Crippen molar-refractivity contribution in [1.29, 1.82) is 5.26 Å². The molecule has 2 N–H and O–H groups in total. The van der Waals surface area contributed by atoms with Gasteiger partial charge < -0.3 is 10.6 Å². The van der Waals surface area contributed by atoms with Gasteiger partial charge >= 0.3 is 0 Å². The van der Waals surface area contributed by atoms with Crippen LogP contribution in [-0.2, 0) is 9.59 Å². The Bertz CT molecular complexity index is 924. The molecule has 30 heavy (non-hydrogen) atoms. The number of nitrogens with one attached hydrogen (secondary N) is 2. The fraction of sp³-hybridized carbons (Fsp3) is 0.333. The lowest BCUT2D eigenvalue weighted by molar-refractivity contribution is -0.121. The number of piperidine rings is 1. The number of nitrogens with zero attached hydrogens (tertiary/aromatic N) is 3. The second-order valence-corrected chi connectivity index (χ2v) is 8.35. The van der Waals surface area contributed by atoms with Gasteiger partial charge in [-0.1, -0.05) is 23.7 Å². The summed E-state index contributed by atoms with van der Waals surface area (Å²) in [7, 11) is 0. The SMILES string of the molecule is N#CCSc1ccccc1NC(=O)CN1CCC(C(=O)Nc2ccc(Cl)cn2)CC1. The quantitative estimate of drug-likeness (QED) is 0.634. The molecule has 7 nitrogen and oxygen atoms in total. The molecule has 0 bridgehead atoms. The predicted molar refractivity (Wildman–Crippen MR) is 118 cm³/mol. The van der Waals surface area contributed by atoms with Crippen LogP contribution in [0, 0.1) is 17.2 Å². The summed E-state index contributed by atoms with van der Waals surface area (Å²) in [5.41, 5.74) is 0.715. The first-order valence-electron chi connectivity index (χ1n) is 9.58. The maximum atomic E-state index is 12.5. The first-order valence-corrected chi connectivity index (χ1v) is 10.9. The fourth-order valence-corrected chi connectivity index (χ4v) is 4.01.